The van der Waals surface area contributed by atoms with Crippen molar-refractivity contribution in [3.8, 4) is 0 Å². The van der Waals surface area contributed by atoms with Crippen molar-refractivity contribution in [2.75, 3.05) is 5.32 Å². The number of benzene rings is 1. The molecule has 3 nitrogen and oxygen atoms in total. The SMILES string of the molecule is CCCn1ccnc1NC(C)c1ccccc1F. The minimum atomic E-state index is -0.189. The molecule has 1 aromatic heterocycles. The summed E-state index contributed by atoms with van der Waals surface area (Å²) in [5, 5.41) is 3.24. The smallest absolute Gasteiger partial charge is 0.203 e. The van der Waals surface area contributed by atoms with Crippen LogP contribution in [0.15, 0.2) is 36.7 Å². The number of hydrogen-bond acceptors (Lipinski definition) is 2. The van der Waals surface area contributed by atoms with Gasteiger partial charge in [-0.3, -0.25) is 0 Å². The van der Waals surface area contributed by atoms with Crippen LogP contribution >= 0.6 is 0 Å². The fourth-order valence-corrected chi connectivity index (χ4v) is 1.97. The summed E-state index contributed by atoms with van der Waals surface area (Å²) in [5.41, 5.74) is 0.656. The van der Waals surface area contributed by atoms with Crippen molar-refractivity contribution in [1.82, 2.24) is 9.55 Å². The van der Waals surface area contributed by atoms with E-state index in [-0.39, 0.29) is 11.9 Å². The predicted molar refractivity (Wildman–Crippen MR) is 71.0 cm³/mol. The van der Waals surface area contributed by atoms with Crippen LogP contribution in [-0.2, 0) is 6.54 Å². The van der Waals surface area contributed by atoms with Crippen molar-refractivity contribution in [3.05, 3.63) is 48.0 Å². The fourth-order valence-electron chi connectivity index (χ4n) is 1.97. The van der Waals surface area contributed by atoms with Crippen LogP contribution in [0.1, 0.15) is 31.9 Å². The van der Waals surface area contributed by atoms with Crippen LogP contribution in [0.3, 0.4) is 0 Å². The Labute approximate surface area is 107 Å². The number of nitrogens with one attached hydrogen (secondary N) is 1. The molecule has 1 aromatic carbocycles. The van der Waals surface area contributed by atoms with Crippen LogP contribution in [0.5, 0.6) is 0 Å². The molecule has 0 radical (unpaired) electrons. The molecule has 2 rings (SSSR count). The van der Waals surface area contributed by atoms with E-state index >= 15 is 0 Å². The number of aryl methyl sites for hydroxylation is 1. The molecule has 0 aliphatic carbocycles. The Kier molecular flexibility index (Phi) is 3.97. The predicted octanol–water partition coefficient (Wildman–Crippen LogP) is 3.61. The monoisotopic (exact) mass is 247 g/mol. The molecule has 2 aromatic rings. The summed E-state index contributed by atoms with van der Waals surface area (Å²) >= 11 is 0. The van der Waals surface area contributed by atoms with Crippen LogP contribution in [0, 0.1) is 5.82 Å². The highest BCUT2D eigenvalue weighted by atomic mass is 19.1. The second-order valence-electron chi connectivity index (χ2n) is 4.33. The van der Waals surface area contributed by atoms with Crippen molar-refractivity contribution in [3.63, 3.8) is 0 Å². The Morgan fingerprint density at radius 3 is 2.89 bits per heavy atom. The first-order valence-corrected chi connectivity index (χ1v) is 6.24. The molecule has 0 fully saturated rings. The zero-order valence-corrected chi connectivity index (χ0v) is 10.7. The van der Waals surface area contributed by atoms with Crippen molar-refractivity contribution < 1.29 is 4.39 Å². The lowest BCUT2D eigenvalue weighted by Gasteiger charge is -2.16. The zero-order valence-electron chi connectivity index (χ0n) is 10.7. The summed E-state index contributed by atoms with van der Waals surface area (Å²) in [6.07, 6.45) is 4.73. The summed E-state index contributed by atoms with van der Waals surface area (Å²) in [7, 11) is 0. The van der Waals surface area contributed by atoms with Crippen molar-refractivity contribution in [1.29, 1.82) is 0 Å². The molecule has 0 aliphatic heterocycles. The van der Waals surface area contributed by atoms with E-state index in [9.17, 15) is 4.39 Å². The van der Waals surface area contributed by atoms with E-state index in [1.807, 2.05) is 23.8 Å². The molecule has 1 unspecified atom stereocenters. The molecule has 96 valence electrons. The number of hydrogen-bond donors (Lipinski definition) is 1. The van der Waals surface area contributed by atoms with Crippen LogP contribution in [0.4, 0.5) is 10.3 Å². The van der Waals surface area contributed by atoms with Gasteiger partial charge in [-0.25, -0.2) is 9.37 Å². The van der Waals surface area contributed by atoms with E-state index in [2.05, 4.69) is 17.2 Å². The largest absolute Gasteiger partial charge is 0.349 e. The number of nitrogens with zero attached hydrogens (tertiary/aromatic N) is 2. The zero-order chi connectivity index (χ0) is 13.0. The maximum atomic E-state index is 13.7. The van der Waals surface area contributed by atoms with Gasteiger partial charge in [-0.2, -0.15) is 0 Å². The lowest BCUT2D eigenvalue weighted by atomic mass is 10.1. The molecule has 1 atom stereocenters. The minimum Gasteiger partial charge on any atom is -0.349 e. The first-order chi connectivity index (χ1) is 8.72. The van der Waals surface area contributed by atoms with Gasteiger partial charge < -0.3 is 9.88 Å². The van der Waals surface area contributed by atoms with E-state index in [1.54, 1.807) is 18.3 Å². The third-order valence-electron chi connectivity index (χ3n) is 2.90. The van der Waals surface area contributed by atoms with E-state index in [0.29, 0.717) is 5.56 Å². The number of aromatic nitrogens is 2. The lowest BCUT2D eigenvalue weighted by Crippen LogP contribution is -2.13. The van der Waals surface area contributed by atoms with Gasteiger partial charge in [-0.05, 0) is 19.4 Å². The van der Waals surface area contributed by atoms with Gasteiger partial charge in [0.2, 0.25) is 5.95 Å². The van der Waals surface area contributed by atoms with Gasteiger partial charge >= 0.3 is 0 Å². The summed E-state index contributed by atoms with van der Waals surface area (Å²) in [6, 6.07) is 6.70. The van der Waals surface area contributed by atoms with Crippen LogP contribution in [0.25, 0.3) is 0 Å². The summed E-state index contributed by atoms with van der Waals surface area (Å²) in [5.74, 6) is 0.596. The molecule has 1 heterocycles. The summed E-state index contributed by atoms with van der Waals surface area (Å²) < 4.78 is 15.7. The number of imidazole rings is 1. The van der Waals surface area contributed by atoms with E-state index in [1.165, 1.54) is 6.07 Å². The van der Waals surface area contributed by atoms with E-state index in [0.717, 1.165) is 18.9 Å². The highest BCUT2D eigenvalue weighted by molar-refractivity contribution is 5.33. The molecular weight excluding hydrogens is 229 g/mol. The second kappa shape index (κ2) is 5.67. The molecule has 0 bridgehead atoms. The van der Waals surface area contributed by atoms with Gasteiger partial charge in [-0.15, -0.1) is 0 Å². The van der Waals surface area contributed by atoms with Gasteiger partial charge in [0.05, 0.1) is 6.04 Å². The number of halogens is 1. The number of anilines is 1. The molecular formula is C14H18FN3. The molecule has 18 heavy (non-hydrogen) atoms. The minimum absolute atomic E-state index is 0.107. The Morgan fingerprint density at radius 1 is 1.39 bits per heavy atom. The van der Waals surface area contributed by atoms with Crippen LogP contribution < -0.4 is 5.32 Å². The van der Waals surface area contributed by atoms with E-state index < -0.39 is 0 Å². The van der Waals surface area contributed by atoms with Crippen LogP contribution in [0.2, 0.25) is 0 Å². The van der Waals surface area contributed by atoms with Gasteiger partial charge in [0.15, 0.2) is 0 Å². The highest BCUT2D eigenvalue weighted by Gasteiger charge is 2.12. The third kappa shape index (κ3) is 2.70. The summed E-state index contributed by atoms with van der Waals surface area (Å²) in [6.45, 7) is 4.96. The molecule has 0 spiro atoms. The highest BCUT2D eigenvalue weighted by Crippen LogP contribution is 2.20. The van der Waals surface area contributed by atoms with Crippen molar-refractivity contribution >= 4 is 5.95 Å². The van der Waals surface area contributed by atoms with Crippen molar-refractivity contribution in [2.45, 2.75) is 32.9 Å². The quantitative estimate of drug-likeness (QED) is 0.874. The van der Waals surface area contributed by atoms with Gasteiger partial charge in [0, 0.05) is 24.5 Å². The average molecular weight is 247 g/mol. The molecule has 1 N–H and O–H groups in total. The standard InChI is InChI=1S/C14H18FN3/c1-3-9-18-10-8-16-14(18)17-11(2)12-6-4-5-7-13(12)15/h4-8,10-11H,3,9H2,1-2H3,(H,16,17). The Morgan fingerprint density at radius 2 is 2.17 bits per heavy atom. The first kappa shape index (κ1) is 12.6. The Bertz CT molecular complexity index is 507. The number of rotatable bonds is 5. The molecule has 0 aliphatic rings. The average Bonchev–Trinajstić information content (AvgIpc) is 2.78. The van der Waals surface area contributed by atoms with Gasteiger partial charge in [-0.1, -0.05) is 25.1 Å². The molecule has 0 saturated heterocycles. The van der Waals surface area contributed by atoms with Gasteiger partial charge in [0.25, 0.3) is 0 Å². The third-order valence-corrected chi connectivity index (χ3v) is 2.90. The molecule has 0 saturated carbocycles. The van der Waals surface area contributed by atoms with E-state index in [4.69, 9.17) is 0 Å². The fraction of sp³-hybridized carbons (Fsp3) is 0.357. The van der Waals surface area contributed by atoms with Crippen LogP contribution in [-0.4, -0.2) is 9.55 Å². The second-order valence-corrected chi connectivity index (χ2v) is 4.33. The van der Waals surface area contributed by atoms with Crippen molar-refractivity contribution in [2.24, 2.45) is 0 Å². The first-order valence-electron chi connectivity index (χ1n) is 6.24. The molecule has 4 heteroatoms. The maximum absolute atomic E-state index is 13.7. The Balaban J connectivity index is 2.14. The topological polar surface area (TPSA) is 29.9 Å². The molecule has 0 amide bonds. The lowest BCUT2D eigenvalue weighted by molar-refractivity contribution is 0.597. The van der Waals surface area contributed by atoms with Gasteiger partial charge in [0.1, 0.15) is 5.82 Å². The maximum Gasteiger partial charge on any atom is 0.203 e. The normalized spacial score (nSPS) is 12.4. The Hall–Kier alpha value is -1.84. The summed E-state index contributed by atoms with van der Waals surface area (Å²) in [4.78, 5) is 4.26.